The Balaban J connectivity index is 3.44. The lowest BCUT2D eigenvalue weighted by Gasteiger charge is -2.03. The molecule has 14 heavy (non-hydrogen) atoms. The molecule has 0 aliphatic rings. The lowest BCUT2D eigenvalue weighted by Crippen LogP contribution is -2.03. The highest BCUT2D eigenvalue weighted by Crippen LogP contribution is 2.32. The van der Waals surface area contributed by atoms with E-state index in [-0.39, 0.29) is 9.52 Å². The molecule has 0 radical (unpaired) electrons. The van der Waals surface area contributed by atoms with Crippen molar-refractivity contribution in [1.29, 1.82) is 0 Å². The minimum absolute atomic E-state index is 0.136. The highest BCUT2D eigenvalue weighted by atomic mass is 127. The van der Waals surface area contributed by atoms with E-state index in [1.807, 2.05) is 0 Å². The van der Waals surface area contributed by atoms with Crippen molar-refractivity contribution in [1.82, 2.24) is 4.98 Å². The SMILES string of the molecule is Nc1cc(C(F)F)c([N+](=O)[O-])c(I)n1. The highest BCUT2D eigenvalue weighted by Gasteiger charge is 2.26. The van der Waals surface area contributed by atoms with Gasteiger partial charge in [0.1, 0.15) is 11.4 Å². The molecule has 8 heteroatoms. The van der Waals surface area contributed by atoms with Gasteiger partial charge in [0.2, 0.25) is 0 Å². The normalized spacial score (nSPS) is 10.6. The van der Waals surface area contributed by atoms with Gasteiger partial charge in [-0.05, 0) is 28.7 Å². The molecule has 0 aromatic carbocycles. The van der Waals surface area contributed by atoms with E-state index in [1.54, 1.807) is 0 Å². The molecule has 0 unspecified atom stereocenters. The summed E-state index contributed by atoms with van der Waals surface area (Å²) in [5.41, 5.74) is 3.81. The average Bonchev–Trinajstić information content (AvgIpc) is 2.01. The quantitative estimate of drug-likeness (QED) is 0.392. The van der Waals surface area contributed by atoms with Gasteiger partial charge >= 0.3 is 5.69 Å². The first-order valence-electron chi connectivity index (χ1n) is 3.32. The van der Waals surface area contributed by atoms with Crippen LogP contribution in [0, 0.1) is 13.8 Å². The van der Waals surface area contributed by atoms with Crippen LogP contribution in [0.4, 0.5) is 20.3 Å². The van der Waals surface area contributed by atoms with E-state index >= 15 is 0 Å². The molecular formula is C6H4F2IN3O2. The number of alkyl halides is 2. The Hall–Kier alpha value is -1.06. The Labute approximate surface area is 90.6 Å². The van der Waals surface area contributed by atoms with Crippen molar-refractivity contribution in [2.75, 3.05) is 5.73 Å². The van der Waals surface area contributed by atoms with E-state index in [9.17, 15) is 18.9 Å². The van der Waals surface area contributed by atoms with Gasteiger partial charge < -0.3 is 5.73 Å². The zero-order valence-electron chi connectivity index (χ0n) is 6.58. The molecule has 0 fully saturated rings. The van der Waals surface area contributed by atoms with Gasteiger partial charge in [-0.15, -0.1) is 0 Å². The molecule has 1 heterocycles. The second-order valence-electron chi connectivity index (χ2n) is 2.33. The molecule has 0 atom stereocenters. The number of hydrogen-bond acceptors (Lipinski definition) is 4. The maximum Gasteiger partial charge on any atom is 0.310 e. The number of nitrogen functional groups attached to an aromatic ring is 1. The minimum Gasteiger partial charge on any atom is -0.384 e. The second-order valence-corrected chi connectivity index (χ2v) is 3.36. The Bertz CT molecular complexity index is 386. The topological polar surface area (TPSA) is 82.0 Å². The van der Waals surface area contributed by atoms with Crippen LogP contribution in [0.1, 0.15) is 12.0 Å². The molecule has 76 valence electrons. The first kappa shape index (κ1) is 11.0. The highest BCUT2D eigenvalue weighted by molar-refractivity contribution is 14.1. The predicted octanol–water partition coefficient (Wildman–Crippen LogP) is 2.11. The number of anilines is 1. The average molecular weight is 315 g/mol. The van der Waals surface area contributed by atoms with Crippen molar-refractivity contribution in [2.24, 2.45) is 0 Å². The van der Waals surface area contributed by atoms with Gasteiger partial charge in [0.15, 0.2) is 3.70 Å². The molecule has 0 saturated carbocycles. The number of hydrogen-bond donors (Lipinski definition) is 1. The van der Waals surface area contributed by atoms with E-state index in [4.69, 9.17) is 5.73 Å². The molecule has 0 bridgehead atoms. The summed E-state index contributed by atoms with van der Waals surface area (Å²) >= 11 is 1.49. The molecule has 0 amide bonds. The van der Waals surface area contributed by atoms with Crippen molar-refractivity contribution >= 4 is 34.1 Å². The fourth-order valence-electron chi connectivity index (χ4n) is 0.892. The van der Waals surface area contributed by atoms with Crippen LogP contribution in [0.2, 0.25) is 0 Å². The standard InChI is InChI=1S/C6H4F2IN3O2/c7-5(8)2-1-3(10)11-6(9)4(2)12(13)14/h1,5H,(H2,10,11). The molecule has 1 aromatic rings. The van der Waals surface area contributed by atoms with E-state index in [1.165, 1.54) is 22.6 Å². The third kappa shape index (κ3) is 2.05. The maximum absolute atomic E-state index is 12.4. The van der Waals surface area contributed by atoms with Crippen molar-refractivity contribution in [2.45, 2.75) is 6.43 Å². The molecule has 5 nitrogen and oxygen atoms in total. The largest absolute Gasteiger partial charge is 0.384 e. The van der Waals surface area contributed by atoms with Crippen LogP contribution in [-0.2, 0) is 0 Å². The monoisotopic (exact) mass is 315 g/mol. The van der Waals surface area contributed by atoms with Crippen LogP contribution in [0.3, 0.4) is 0 Å². The second kappa shape index (κ2) is 3.98. The molecule has 1 aromatic heterocycles. The van der Waals surface area contributed by atoms with Gasteiger partial charge in [-0.3, -0.25) is 10.1 Å². The molecular weight excluding hydrogens is 311 g/mol. The van der Waals surface area contributed by atoms with Crippen molar-refractivity contribution < 1.29 is 13.7 Å². The van der Waals surface area contributed by atoms with Crippen molar-refractivity contribution in [3.05, 3.63) is 25.4 Å². The fourth-order valence-corrected chi connectivity index (χ4v) is 1.68. The molecule has 2 N–H and O–H groups in total. The number of pyridine rings is 1. The third-order valence-electron chi connectivity index (χ3n) is 1.42. The molecule has 0 aliphatic heterocycles. The number of nitrogens with zero attached hydrogens (tertiary/aromatic N) is 2. The van der Waals surface area contributed by atoms with E-state index in [0.29, 0.717) is 0 Å². The molecule has 1 rings (SSSR count). The lowest BCUT2D eigenvalue weighted by molar-refractivity contribution is -0.387. The number of rotatable bonds is 2. The van der Waals surface area contributed by atoms with Crippen LogP contribution in [0.25, 0.3) is 0 Å². The predicted molar refractivity (Wildman–Crippen MR) is 53.0 cm³/mol. The Morgan fingerprint density at radius 3 is 2.64 bits per heavy atom. The smallest absolute Gasteiger partial charge is 0.310 e. The summed E-state index contributed by atoms with van der Waals surface area (Å²) in [6.45, 7) is 0. The van der Waals surface area contributed by atoms with Crippen LogP contribution in [0.15, 0.2) is 6.07 Å². The summed E-state index contributed by atoms with van der Waals surface area (Å²) in [7, 11) is 0. The zero-order valence-corrected chi connectivity index (χ0v) is 8.73. The number of nitrogens with two attached hydrogens (primary N) is 1. The summed E-state index contributed by atoms with van der Waals surface area (Å²) in [6, 6.07) is 0.810. The number of halogens is 3. The van der Waals surface area contributed by atoms with Gasteiger partial charge in [0.05, 0.1) is 4.92 Å². The van der Waals surface area contributed by atoms with E-state index in [0.717, 1.165) is 6.07 Å². The van der Waals surface area contributed by atoms with Crippen molar-refractivity contribution in [3.63, 3.8) is 0 Å². The molecule has 0 spiro atoms. The number of aromatic nitrogens is 1. The van der Waals surface area contributed by atoms with Crippen molar-refractivity contribution in [3.8, 4) is 0 Å². The number of nitro groups is 1. The Kier molecular flexibility index (Phi) is 3.13. The van der Waals surface area contributed by atoms with Gasteiger partial charge in [0, 0.05) is 0 Å². The Morgan fingerprint density at radius 2 is 2.21 bits per heavy atom. The van der Waals surface area contributed by atoms with E-state index in [2.05, 4.69) is 4.98 Å². The fraction of sp³-hybridized carbons (Fsp3) is 0.167. The summed E-state index contributed by atoms with van der Waals surface area (Å²) in [4.78, 5) is 13.1. The van der Waals surface area contributed by atoms with E-state index < -0.39 is 22.6 Å². The van der Waals surface area contributed by atoms with Crippen LogP contribution >= 0.6 is 22.6 Å². The van der Waals surface area contributed by atoms with Crippen LogP contribution in [-0.4, -0.2) is 9.91 Å². The summed E-state index contributed by atoms with van der Waals surface area (Å²) in [6.07, 6.45) is -2.94. The van der Waals surface area contributed by atoms with Gasteiger partial charge in [0.25, 0.3) is 6.43 Å². The van der Waals surface area contributed by atoms with Crippen LogP contribution < -0.4 is 5.73 Å². The minimum atomic E-state index is -2.94. The third-order valence-corrected chi connectivity index (χ3v) is 2.17. The lowest BCUT2D eigenvalue weighted by atomic mass is 10.2. The summed E-state index contributed by atoms with van der Waals surface area (Å²) in [5, 5.41) is 10.4. The van der Waals surface area contributed by atoms with Gasteiger partial charge in [-0.1, -0.05) is 0 Å². The molecule has 0 saturated heterocycles. The summed E-state index contributed by atoms with van der Waals surface area (Å²) in [5.74, 6) is -0.157. The van der Waals surface area contributed by atoms with Gasteiger partial charge in [-0.25, -0.2) is 13.8 Å². The summed E-state index contributed by atoms with van der Waals surface area (Å²) < 4.78 is 24.6. The first-order chi connectivity index (χ1) is 6.43. The zero-order chi connectivity index (χ0) is 10.9. The Morgan fingerprint density at radius 1 is 1.64 bits per heavy atom. The van der Waals surface area contributed by atoms with Crippen LogP contribution in [0.5, 0.6) is 0 Å². The first-order valence-corrected chi connectivity index (χ1v) is 4.39. The maximum atomic E-state index is 12.4. The van der Waals surface area contributed by atoms with Gasteiger partial charge in [-0.2, -0.15) is 0 Å². The molecule has 0 aliphatic carbocycles.